The van der Waals surface area contributed by atoms with Crippen molar-refractivity contribution in [1.29, 1.82) is 0 Å². The molecule has 0 saturated carbocycles. The minimum atomic E-state index is 0.661. The van der Waals surface area contributed by atoms with Crippen LogP contribution in [0.5, 0.6) is 0 Å². The molecular weight excluding hydrogens is 196 g/mol. The summed E-state index contributed by atoms with van der Waals surface area (Å²) in [6.07, 6.45) is 7.32. The van der Waals surface area contributed by atoms with E-state index in [4.69, 9.17) is 0 Å². The van der Waals surface area contributed by atoms with Crippen molar-refractivity contribution in [2.75, 3.05) is 11.4 Å². The van der Waals surface area contributed by atoms with Crippen LogP contribution in [0, 0.1) is 6.20 Å². The molecule has 0 spiro atoms. The van der Waals surface area contributed by atoms with Gasteiger partial charge in [0.1, 0.15) is 11.9 Å². The van der Waals surface area contributed by atoms with Crippen molar-refractivity contribution in [2.45, 2.75) is 6.42 Å². The minimum Gasteiger partial charge on any atom is -0.320 e. The highest BCUT2D eigenvalue weighted by Gasteiger charge is 2.19. The standard InChI is InChI=1S/C8H7N6O/c1-2-14(8-4-10-15-12-8)5-6(1)7-3-9-13-11-7/h3-4H,1-2H2,(H,9,11,13). The summed E-state index contributed by atoms with van der Waals surface area (Å²) in [6.45, 7) is 0.802. The van der Waals surface area contributed by atoms with Crippen LogP contribution in [0.4, 0.5) is 5.82 Å². The van der Waals surface area contributed by atoms with E-state index in [1.165, 1.54) is 0 Å². The molecule has 1 aliphatic heterocycles. The van der Waals surface area contributed by atoms with Crippen molar-refractivity contribution < 1.29 is 4.63 Å². The molecule has 0 unspecified atom stereocenters. The Labute approximate surface area is 84.7 Å². The zero-order valence-electron chi connectivity index (χ0n) is 7.71. The topological polar surface area (TPSA) is 83.7 Å². The number of nitrogens with zero attached hydrogens (tertiary/aromatic N) is 5. The second-order valence-electron chi connectivity index (χ2n) is 3.12. The summed E-state index contributed by atoms with van der Waals surface area (Å²) >= 11 is 0. The smallest absolute Gasteiger partial charge is 0.197 e. The third kappa shape index (κ3) is 1.37. The quantitative estimate of drug-likeness (QED) is 0.752. The fourth-order valence-corrected chi connectivity index (χ4v) is 1.48. The minimum absolute atomic E-state index is 0.661. The Morgan fingerprint density at radius 2 is 2.53 bits per heavy atom. The number of hydrogen-bond acceptors (Lipinski definition) is 6. The molecule has 2 aromatic rings. The molecule has 0 bridgehead atoms. The van der Waals surface area contributed by atoms with Crippen LogP contribution < -0.4 is 4.90 Å². The average molecular weight is 203 g/mol. The molecule has 0 atom stereocenters. The number of nitrogens with one attached hydrogen (secondary N) is 1. The van der Waals surface area contributed by atoms with Gasteiger partial charge in [-0.2, -0.15) is 0 Å². The molecule has 15 heavy (non-hydrogen) atoms. The molecule has 1 N–H and O–H groups in total. The lowest BCUT2D eigenvalue weighted by molar-refractivity contribution is 0.307. The highest BCUT2D eigenvalue weighted by molar-refractivity contribution is 5.66. The van der Waals surface area contributed by atoms with Gasteiger partial charge in [0.05, 0.1) is 6.20 Å². The summed E-state index contributed by atoms with van der Waals surface area (Å²) in [7, 11) is 0. The highest BCUT2D eigenvalue weighted by atomic mass is 16.6. The van der Waals surface area contributed by atoms with Crippen LogP contribution in [0.3, 0.4) is 0 Å². The third-order valence-electron chi connectivity index (χ3n) is 2.21. The SMILES string of the molecule is [C]1=C(c2c[nH]nn2)CCN1c1cnon1. The van der Waals surface area contributed by atoms with E-state index >= 15 is 0 Å². The maximum Gasteiger partial charge on any atom is 0.197 e. The van der Waals surface area contributed by atoms with Gasteiger partial charge in [-0.1, -0.05) is 10.4 Å². The van der Waals surface area contributed by atoms with E-state index in [0.29, 0.717) is 5.82 Å². The molecule has 0 fully saturated rings. The van der Waals surface area contributed by atoms with Crippen molar-refractivity contribution >= 4 is 11.4 Å². The first-order valence-corrected chi connectivity index (χ1v) is 4.48. The van der Waals surface area contributed by atoms with Crippen LogP contribution in [-0.4, -0.2) is 32.3 Å². The summed E-state index contributed by atoms with van der Waals surface area (Å²) in [4.78, 5) is 1.85. The van der Waals surface area contributed by atoms with Gasteiger partial charge in [0.2, 0.25) is 0 Å². The Bertz CT molecular complexity index is 459. The molecule has 2 aromatic heterocycles. The van der Waals surface area contributed by atoms with E-state index < -0.39 is 0 Å². The van der Waals surface area contributed by atoms with Gasteiger partial charge in [-0.15, -0.1) is 5.10 Å². The Hall–Kier alpha value is -2.18. The van der Waals surface area contributed by atoms with Gasteiger partial charge >= 0.3 is 0 Å². The van der Waals surface area contributed by atoms with Crippen molar-refractivity contribution in [3.05, 3.63) is 24.3 Å². The summed E-state index contributed by atoms with van der Waals surface area (Å²) in [5.41, 5.74) is 1.82. The number of aromatic amines is 1. The van der Waals surface area contributed by atoms with Crippen LogP contribution in [0.25, 0.3) is 5.57 Å². The molecule has 1 radical (unpaired) electrons. The van der Waals surface area contributed by atoms with Crippen LogP contribution in [0.2, 0.25) is 0 Å². The van der Waals surface area contributed by atoms with E-state index in [0.717, 1.165) is 24.2 Å². The predicted molar refractivity (Wildman–Crippen MR) is 49.3 cm³/mol. The second kappa shape index (κ2) is 3.19. The van der Waals surface area contributed by atoms with Crippen LogP contribution in [0.15, 0.2) is 17.0 Å². The normalized spacial score (nSPS) is 15.7. The van der Waals surface area contributed by atoms with Crippen molar-refractivity contribution in [3.63, 3.8) is 0 Å². The molecule has 1 aliphatic rings. The Morgan fingerprint density at radius 3 is 3.27 bits per heavy atom. The summed E-state index contributed by atoms with van der Waals surface area (Å²) in [5.74, 6) is 0.661. The number of H-pyrrole nitrogens is 1. The zero-order chi connectivity index (χ0) is 10.1. The van der Waals surface area contributed by atoms with Crippen molar-refractivity contribution in [3.8, 4) is 0 Å². The predicted octanol–water partition coefficient (Wildman–Crippen LogP) is 0.242. The number of aromatic nitrogens is 5. The molecule has 0 aliphatic carbocycles. The number of rotatable bonds is 2. The molecule has 3 heterocycles. The van der Waals surface area contributed by atoms with Crippen molar-refractivity contribution in [2.24, 2.45) is 0 Å². The first-order valence-electron chi connectivity index (χ1n) is 4.48. The first-order chi connectivity index (χ1) is 7.43. The van der Waals surface area contributed by atoms with E-state index in [-0.39, 0.29) is 0 Å². The van der Waals surface area contributed by atoms with E-state index in [9.17, 15) is 0 Å². The third-order valence-corrected chi connectivity index (χ3v) is 2.21. The largest absolute Gasteiger partial charge is 0.320 e. The van der Waals surface area contributed by atoms with Gasteiger partial charge in [0.15, 0.2) is 5.82 Å². The summed E-state index contributed by atoms with van der Waals surface area (Å²) in [5, 5.41) is 17.5. The van der Waals surface area contributed by atoms with Crippen LogP contribution in [0.1, 0.15) is 12.1 Å². The average Bonchev–Trinajstić information content (AvgIpc) is 3.02. The summed E-state index contributed by atoms with van der Waals surface area (Å²) < 4.78 is 4.53. The molecule has 7 nitrogen and oxygen atoms in total. The van der Waals surface area contributed by atoms with E-state index in [1.54, 1.807) is 12.4 Å². The van der Waals surface area contributed by atoms with E-state index in [2.05, 4.69) is 36.6 Å². The van der Waals surface area contributed by atoms with Crippen LogP contribution >= 0.6 is 0 Å². The first kappa shape index (κ1) is 8.16. The number of anilines is 1. The maximum atomic E-state index is 4.53. The van der Waals surface area contributed by atoms with E-state index in [1.807, 2.05) is 4.90 Å². The summed E-state index contributed by atoms with van der Waals surface area (Å²) in [6, 6.07) is 0. The fraction of sp³-hybridized carbons (Fsp3) is 0.250. The van der Waals surface area contributed by atoms with Gasteiger partial charge < -0.3 is 4.90 Å². The van der Waals surface area contributed by atoms with Crippen LogP contribution in [-0.2, 0) is 0 Å². The fourth-order valence-electron chi connectivity index (χ4n) is 1.48. The highest BCUT2D eigenvalue weighted by Crippen LogP contribution is 2.24. The maximum absolute atomic E-state index is 4.53. The lowest BCUT2D eigenvalue weighted by Crippen LogP contribution is -2.12. The lowest BCUT2D eigenvalue weighted by atomic mass is 10.2. The molecule has 0 amide bonds. The monoisotopic (exact) mass is 203 g/mol. The zero-order valence-corrected chi connectivity index (χ0v) is 7.71. The molecule has 0 saturated heterocycles. The van der Waals surface area contributed by atoms with Gasteiger partial charge in [-0.05, 0) is 11.6 Å². The molecule has 75 valence electrons. The van der Waals surface area contributed by atoms with Gasteiger partial charge in [-0.3, -0.25) is 5.10 Å². The Kier molecular flexibility index (Phi) is 1.74. The van der Waals surface area contributed by atoms with Gasteiger partial charge in [-0.25, -0.2) is 4.63 Å². The van der Waals surface area contributed by atoms with Gasteiger partial charge in [0.25, 0.3) is 0 Å². The number of hydrogen-bond donors (Lipinski definition) is 1. The Balaban J connectivity index is 1.87. The lowest BCUT2D eigenvalue weighted by Gasteiger charge is -2.06. The Morgan fingerprint density at radius 1 is 1.53 bits per heavy atom. The van der Waals surface area contributed by atoms with Gasteiger partial charge in [0, 0.05) is 18.3 Å². The molecular formula is C8H7N6O. The molecule has 3 rings (SSSR count). The molecule has 0 aromatic carbocycles. The van der Waals surface area contributed by atoms with Crippen molar-refractivity contribution in [1.82, 2.24) is 25.7 Å². The molecule has 7 heteroatoms. The second-order valence-corrected chi connectivity index (χ2v) is 3.12.